The number of sulfone groups is 1. The molecular weight excluding hydrogens is 478 g/mol. The van der Waals surface area contributed by atoms with Gasteiger partial charge in [0.15, 0.2) is 0 Å². The van der Waals surface area contributed by atoms with Gasteiger partial charge in [-0.1, -0.05) is 29.8 Å². The van der Waals surface area contributed by atoms with Crippen molar-refractivity contribution < 1.29 is 23.1 Å². The van der Waals surface area contributed by atoms with Crippen LogP contribution in [0.25, 0.3) is 10.9 Å². The standard InChI is InChI=1S/C24H24ClN3O5S/c1-34(32,33)10-4-9-27-18(12-16-11-17(25)7-8-20(16)27)13-28-21-6-3-2-5-19(21)24(22(28)29)14-26(15-24)23(30)31/h2-3,5-8,11-12H,4,9-10,13-15H2,1H3,(H,30,31). The monoisotopic (exact) mass is 501 g/mol. The molecule has 2 aliphatic rings. The molecule has 0 atom stereocenters. The first-order chi connectivity index (χ1) is 16.1. The Hall–Kier alpha value is -3.04. The number of halogens is 1. The van der Waals surface area contributed by atoms with Crippen LogP contribution in [0.3, 0.4) is 0 Å². The van der Waals surface area contributed by atoms with E-state index in [1.165, 1.54) is 11.2 Å². The van der Waals surface area contributed by atoms with Crippen LogP contribution in [0.5, 0.6) is 0 Å². The second-order valence-corrected chi connectivity index (χ2v) is 11.8. The molecular formula is C24H24ClN3O5S. The van der Waals surface area contributed by atoms with E-state index in [0.717, 1.165) is 27.8 Å². The maximum atomic E-state index is 13.7. The van der Waals surface area contributed by atoms with Crippen LogP contribution in [0.2, 0.25) is 5.02 Å². The summed E-state index contributed by atoms with van der Waals surface area (Å²) < 4.78 is 25.4. The van der Waals surface area contributed by atoms with Crippen molar-refractivity contribution in [2.45, 2.75) is 24.9 Å². The lowest BCUT2D eigenvalue weighted by Crippen LogP contribution is -2.65. The Labute approximate surface area is 202 Å². The number of fused-ring (bicyclic) bond motifs is 3. The van der Waals surface area contributed by atoms with Gasteiger partial charge in [0.1, 0.15) is 15.3 Å². The van der Waals surface area contributed by atoms with Crippen molar-refractivity contribution >= 4 is 50.0 Å². The van der Waals surface area contributed by atoms with E-state index < -0.39 is 21.3 Å². The summed E-state index contributed by atoms with van der Waals surface area (Å²) in [5.41, 5.74) is 2.55. The molecule has 1 N–H and O–H groups in total. The van der Waals surface area contributed by atoms with Crippen LogP contribution in [0.15, 0.2) is 48.5 Å². The molecule has 34 heavy (non-hydrogen) atoms. The molecule has 0 saturated carbocycles. The van der Waals surface area contributed by atoms with Gasteiger partial charge in [0.05, 0.1) is 12.3 Å². The topological polar surface area (TPSA) is 99.9 Å². The zero-order chi connectivity index (χ0) is 24.3. The van der Waals surface area contributed by atoms with E-state index in [1.807, 2.05) is 47.0 Å². The summed E-state index contributed by atoms with van der Waals surface area (Å²) in [4.78, 5) is 28.0. The third-order valence-corrected chi connectivity index (χ3v) is 7.99. The molecule has 178 valence electrons. The quantitative estimate of drug-likeness (QED) is 0.557. The average molecular weight is 502 g/mol. The molecule has 2 amide bonds. The molecule has 1 saturated heterocycles. The summed E-state index contributed by atoms with van der Waals surface area (Å²) in [5, 5.41) is 10.8. The normalized spacial score (nSPS) is 16.8. The fourth-order valence-electron chi connectivity index (χ4n) is 5.14. The Morgan fingerprint density at radius 2 is 1.88 bits per heavy atom. The van der Waals surface area contributed by atoms with Gasteiger partial charge >= 0.3 is 6.09 Å². The summed E-state index contributed by atoms with van der Waals surface area (Å²) in [7, 11) is -3.10. The highest BCUT2D eigenvalue weighted by Crippen LogP contribution is 2.48. The second-order valence-electron chi connectivity index (χ2n) is 9.10. The number of aryl methyl sites for hydroxylation is 1. The van der Waals surface area contributed by atoms with E-state index in [2.05, 4.69) is 0 Å². The van der Waals surface area contributed by atoms with Crippen LogP contribution < -0.4 is 4.90 Å². The molecule has 0 unspecified atom stereocenters. The van der Waals surface area contributed by atoms with Gasteiger partial charge in [0, 0.05) is 53.2 Å². The van der Waals surface area contributed by atoms with Gasteiger partial charge in [-0.3, -0.25) is 4.79 Å². The van der Waals surface area contributed by atoms with Crippen LogP contribution in [-0.4, -0.2) is 60.1 Å². The lowest BCUT2D eigenvalue weighted by Gasteiger charge is -2.45. The number of benzene rings is 2. The molecule has 8 nitrogen and oxygen atoms in total. The van der Waals surface area contributed by atoms with Crippen molar-refractivity contribution in [3.05, 3.63) is 64.8 Å². The number of hydrogen-bond acceptors (Lipinski definition) is 4. The van der Waals surface area contributed by atoms with Gasteiger partial charge in [-0.15, -0.1) is 0 Å². The van der Waals surface area contributed by atoms with Crippen LogP contribution in [-0.2, 0) is 33.1 Å². The summed E-state index contributed by atoms with van der Waals surface area (Å²) in [6, 6.07) is 15.0. The number of carbonyl (C=O) groups excluding carboxylic acids is 1. The van der Waals surface area contributed by atoms with Crippen molar-refractivity contribution in [2.24, 2.45) is 0 Å². The van der Waals surface area contributed by atoms with Gasteiger partial charge in [-0.05, 0) is 42.3 Å². The molecule has 5 rings (SSSR count). The third kappa shape index (κ3) is 3.73. The van der Waals surface area contributed by atoms with Crippen molar-refractivity contribution in [1.29, 1.82) is 0 Å². The van der Waals surface area contributed by atoms with E-state index in [0.29, 0.717) is 18.0 Å². The zero-order valence-corrected chi connectivity index (χ0v) is 20.1. The van der Waals surface area contributed by atoms with E-state index in [4.69, 9.17) is 11.6 Å². The zero-order valence-electron chi connectivity index (χ0n) is 18.6. The van der Waals surface area contributed by atoms with E-state index in [9.17, 15) is 23.1 Å². The molecule has 2 aromatic carbocycles. The predicted molar refractivity (Wildman–Crippen MR) is 130 cm³/mol. The highest BCUT2D eigenvalue weighted by molar-refractivity contribution is 7.90. The van der Waals surface area contributed by atoms with Gasteiger partial charge in [0.25, 0.3) is 0 Å². The first-order valence-electron chi connectivity index (χ1n) is 10.9. The Kier molecular flexibility index (Phi) is 5.37. The fraction of sp³-hybridized carbons (Fsp3) is 0.333. The van der Waals surface area contributed by atoms with Gasteiger partial charge in [0.2, 0.25) is 5.91 Å². The fourth-order valence-corrected chi connectivity index (χ4v) is 5.97. The van der Waals surface area contributed by atoms with Crippen LogP contribution in [0.4, 0.5) is 10.5 Å². The SMILES string of the molecule is CS(=O)(=O)CCCn1c(CN2C(=O)C3(CN(C(=O)O)C3)c3ccccc32)cc2cc(Cl)ccc21. The molecule has 10 heteroatoms. The Balaban J connectivity index is 1.51. The first kappa shape index (κ1) is 22.7. The predicted octanol–water partition coefficient (Wildman–Crippen LogP) is 3.51. The van der Waals surface area contributed by atoms with Crippen LogP contribution >= 0.6 is 11.6 Å². The number of aromatic nitrogens is 1. The van der Waals surface area contributed by atoms with E-state index >= 15 is 0 Å². The summed E-state index contributed by atoms with van der Waals surface area (Å²) in [5.74, 6) is -0.0450. The first-order valence-corrected chi connectivity index (χ1v) is 13.4. The highest BCUT2D eigenvalue weighted by Gasteiger charge is 2.59. The molecule has 0 bridgehead atoms. The molecule has 2 aliphatic heterocycles. The molecule has 3 aromatic rings. The van der Waals surface area contributed by atoms with E-state index in [-0.39, 0.29) is 31.3 Å². The lowest BCUT2D eigenvalue weighted by molar-refractivity contribution is -0.128. The van der Waals surface area contributed by atoms with Crippen LogP contribution in [0.1, 0.15) is 17.7 Å². The number of rotatable bonds is 6. The van der Waals surface area contributed by atoms with E-state index in [1.54, 1.807) is 11.0 Å². The number of nitrogens with zero attached hydrogens (tertiary/aromatic N) is 3. The average Bonchev–Trinajstić information content (AvgIpc) is 3.18. The van der Waals surface area contributed by atoms with Crippen molar-refractivity contribution in [1.82, 2.24) is 9.47 Å². The molecule has 3 heterocycles. The summed E-state index contributed by atoms with van der Waals surface area (Å²) >= 11 is 6.20. The van der Waals surface area contributed by atoms with Crippen molar-refractivity contribution in [3.63, 3.8) is 0 Å². The van der Waals surface area contributed by atoms with Crippen LogP contribution in [0, 0.1) is 0 Å². The molecule has 1 spiro atoms. The minimum atomic E-state index is -3.10. The smallest absolute Gasteiger partial charge is 0.407 e. The van der Waals surface area contributed by atoms with Crippen molar-refractivity contribution in [2.75, 3.05) is 30.0 Å². The Bertz CT molecular complexity index is 1430. The Morgan fingerprint density at radius 3 is 2.59 bits per heavy atom. The number of anilines is 1. The summed E-state index contributed by atoms with van der Waals surface area (Å²) in [6.45, 7) is 1.05. The van der Waals surface area contributed by atoms with Gasteiger partial charge in [-0.2, -0.15) is 0 Å². The Morgan fingerprint density at radius 1 is 1.15 bits per heavy atom. The second kappa shape index (κ2) is 8.02. The number of carbonyl (C=O) groups is 2. The number of hydrogen-bond donors (Lipinski definition) is 1. The number of amides is 2. The lowest BCUT2D eigenvalue weighted by atomic mass is 9.75. The number of carboxylic acid groups (broad SMARTS) is 1. The van der Waals surface area contributed by atoms with Crippen molar-refractivity contribution in [3.8, 4) is 0 Å². The minimum absolute atomic E-state index is 0.0688. The third-order valence-electron chi connectivity index (χ3n) is 6.72. The number of likely N-dealkylation sites (tertiary alicyclic amines) is 1. The molecule has 1 aromatic heterocycles. The molecule has 0 aliphatic carbocycles. The molecule has 0 radical (unpaired) electrons. The largest absolute Gasteiger partial charge is 0.465 e. The maximum absolute atomic E-state index is 13.7. The highest BCUT2D eigenvalue weighted by atomic mass is 35.5. The number of para-hydroxylation sites is 1. The van der Waals surface area contributed by atoms with Gasteiger partial charge < -0.3 is 19.5 Å². The molecule has 1 fully saturated rings. The van der Waals surface area contributed by atoms with Gasteiger partial charge in [-0.25, -0.2) is 13.2 Å². The minimum Gasteiger partial charge on any atom is -0.465 e. The maximum Gasteiger partial charge on any atom is 0.407 e. The summed E-state index contributed by atoms with van der Waals surface area (Å²) in [6.07, 6.45) is 0.636.